The summed E-state index contributed by atoms with van der Waals surface area (Å²) in [6.45, 7) is 1.95. The highest BCUT2D eigenvalue weighted by Gasteiger charge is 2.35. The lowest BCUT2D eigenvalue weighted by Gasteiger charge is -2.20. The fourth-order valence-corrected chi connectivity index (χ4v) is 3.69. The molecule has 1 aromatic heterocycles. The third-order valence-corrected chi connectivity index (χ3v) is 5.55. The number of Topliss-reactive ketones (excluding diaryl/α,β-unsaturated/α-hetero) is 2. The molecule has 188 valence electrons. The van der Waals surface area contributed by atoms with E-state index in [2.05, 4.69) is 9.97 Å². The molecule has 0 unspecified atom stereocenters. The Balaban J connectivity index is 1.57. The minimum atomic E-state index is -4.59. The maximum atomic E-state index is 12.6. The van der Waals surface area contributed by atoms with Crippen molar-refractivity contribution in [3.63, 3.8) is 0 Å². The van der Waals surface area contributed by atoms with Crippen LogP contribution in [0.4, 0.5) is 13.2 Å². The van der Waals surface area contributed by atoms with Crippen LogP contribution in [0.15, 0.2) is 34.9 Å². The molecule has 1 heterocycles. The first kappa shape index (κ1) is 27.3. The van der Waals surface area contributed by atoms with Gasteiger partial charge in [0.05, 0.1) is 20.8 Å². The normalized spacial score (nSPS) is 14.6. The van der Waals surface area contributed by atoms with E-state index in [1.165, 1.54) is 20.3 Å². The van der Waals surface area contributed by atoms with Gasteiger partial charge < -0.3 is 14.2 Å². The molecule has 0 spiro atoms. The van der Waals surface area contributed by atoms with E-state index in [1.807, 2.05) is 0 Å². The van der Waals surface area contributed by atoms with Crippen LogP contribution in [0.2, 0.25) is 0 Å². The summed E-state index contributed by atoms with van der Waals surface area (Å²) in [7, 11) is 2.69. The summed E-state index contributed by atoms with van der Waals surface area (Å²) in [4.78, 5) is 31.5. The molecule has 0 radical (unpaired) electrons. The molecule has 1 aliphatic rings. The van der Waals surface area contributed by atoms with E-state index in [-0.39, 0.29) is 29.0 Å². The summed E-state index contributed by atoms with van der Waals surface area (Å²) in [5.41, 5.74) is 0.912. The summed E-state index contributed by atoms with van der Waals surface area (Å²) in [5, 5.41) is 0. The van der Waals surface area contributed by atoms with Crippen molar-refractivity contribution in [3.8, 4) is 5.88 Å². The number of halogens is 3. The van der Waals surface area contributed by atoms with Gasteiger partial charge in [-0.25, -0.2) is 4.98 Å². The van der Waals surface area contributed by atoms with Gasteiger partial charge in [-0.2, -0.15) is 18.2 Å². The van der Waals surface area contributed by atoms with Gasteiger partial charge in [-0.3, -0.25) is 9.59 Å². The molecule has 0 amide bonds. The molecule has 34 heavy (non-hydrogen) atoms. The standard InChI is InChI=1S/C24H31F3N2O5/c1-16-17(20(31)22(33-3)21(32-2)19(16)30)12-10-8-6-4-5-7-9-11-15-34-18-13-14-28-23(29-18)24(25,26)27/h13-14H,4-12,15H2,1-3H3. The number of ketones is 2. The number of unbranched alkanes of at least 4 members (excludes halogenated alkanes) is 7. The largest absolute Gasteiger partial charge is 0.489 e. The van der Waals surface area contributed by atoms with Crippen molar-refractivity contribution in [2.24, 2.45) is 0 Å². The Labute approximate surface area is 197 Å². The number of hydrogen-bond donors (Lipinski definition) is 0. The Morgan fingerprint density at radius 2 is 1.41 bits per heavy atom. The lowest BCUT2D eigenvalue weighted by Crippen LogP contribution is -2.25. The monoisotopic (exact) mass is 484 g/mol. The lowest BCUT2D eigenvalue weighted by molar-refractivity contribution is -0.145. The Morgan fingerprint density at radius 3 is 2.00 bits per heavy atom. The maximum Gasteiger partial charge on any atom is 0.451 e. The van der Waals surface area contributed by atoms with Crippen LogP contribution in [-0.4, -0.2) is 42.4 Å². The van der Waals surface area contributed by atoms with Crippen molar-refractivity contribution in [2.75, 3.05) is 20.8 Å². The molecule has 0 atom stereocenters. The summed E-state index contributed by atoms with van der Waals surface area (Å²) in [6.07, 6.45) is 4.46. The molecule has 1 aromatic rings. The SMILES string of the molecule is COC1=C(OC)C(=O)C(CCCCCCCCCCOc2ccnc(C(F)(F)F)n2)=C(C)C1=O. The van der Waals surface area contributed by atoms with Gasteiger partial charge in [0.2, 0.25) is 34.8 Å². The Morgan fingerprint density at radius 1 is 0.853 bits per heavy atom. The van der Waals surface area contributed by atoms with Gasteiger partial charge in [0.25, 0.3) is 0 Å². The van der Waals surface area contributed by atoms with Gasteiger partial charge in [0.15, 0.2) is 0 Å². The molecule has 0 saturated carbocycles. The van der Waals surface area contributed by atoms with Crippen LogP contribution < -0.4 is 4.74 Å². The van der Waals surface area contributed by atoms with E-state index in [0.29, 0.717) is 24.2 Å². The van der Waals surface area contributed by atoms with Gasteiger partial charge in [-0.05, 0) is 26.2 Å². The predicted octanol–water partition coefficient (Wildman–Crippen LogP) is 5.36. The molecule has 7 nitrogen and oxygen atoms in total. The molecule has 1 aliphatic carbocycles. The second kappa shape index (κ2) is 13.1. The molecule has 10 heteroatoms. The van der Waals surface area contributed by atoms with Crippen molar-refractivity contribution in [2.45, 2.75) is 70.9 Å². The van der Waals surface area contributed by atoms with E-state index in [0.717, 1.165) is 57.6 Å². The topological polar surface area (TPSA) is 87.6 Å². The second-order valence-corrected chi connectivity index (χ2v) is 7.97. The highest BCUT2D eigenvalue weighted by molar-refractivity contribution is 6.23. The van der Waals surface area contributed by atoms with Crippen LogP contribution in [0.5, 0.6) is 5.88 Å². The smallest absolute Gasteiger partial charge is 0.451 e. The maximum absolute atomic E-state index is 12.6. The average molecular weight is 485 g/mol. The zero-order valence-electron chi connectivity index (χ0n) is 19.8. The average Bonchev–Trinajstić information content (AvgIpc) is 2.81. The molecular formula is C24H31F3N2O5. The fraction of sp³-hybridized carbons (Fsp3) is 0.583. The van der Waals surface area contributed by atoms with E-state index >= 15 is 0 Å². The van der Waals surface area contributed by atoms with E-state index in [1.54, 1.807) is 6.92 Å². The number of carbonyl (C=O) groups is 2. The third-order valence-electron chi connectivity index (χ3n) is 5.55. The Bertz CT molecular complexity index is 925. The summed E-state index contributed by atoms with van der Waals surface area (Å²) in [6, 6.07) is 1.31. The summed E-state index contributed by atoms with van der Waals surface area (Å²) in [5.74, 6) is -1.93. The molecule has 0 saturated heterocycles. The van der Waals surface area contributed by atoms with Crippen molar-refractivity contribution in [1.82, 2.24) is 9.97 Å². The molecule has 0 aliphatic heterocycles. The number of hydrogen-bond acceptors (Lipinski definition) is 7. The lowest BCUT2D eigenvalue weighted by atomic mass is 9.89. The fourth-order valence-electron chi connectivity index (χ4n) is 3.69. The van der Waals surface area contributed by atoms with Gasteiger partial charge in [0, 0.05) is 23.4 Å². The van der Waals surface area contributed by atoms with Crippen LogP contribution in [0.3, 0.4) is 0 Å². The first-order valence-corrected chi connectivity index (χ1v) is 11.3. The van der Waals surface area contributed by atoms with Crippen LogP contribution >= 0.6 is 0 Å². The number of rotatable bonds is 14. The number of methoxy groups -OCH3 is 2. The highest BCUT2D eigenvalue weighted by atomic mass is 19.4. The molecule has 0 bridgehead atoms. The quantitative estimate of drug-likeness (QED) is 0.260. The second-order valence-electron chi connectivity index (χ2n) is 7.97. The molecule has 2 rings (SSSR count). The van der Waals surface area contributed by atoms with E-state index in [9.17, 15) is 22.8 Å². The van der Waals surface area contributed by atoms with Crippen molar-refractivity contribution in [3.05, 3.63) is 40.8 Å². The third kappa shape index (κ3) is 7.56. The highest BCUT2D eigenvalue weighted by Crippen LogP contribution is 2.29. The van der Waals surface area contributed by atoms with E-state index in [4.69, 9.17) is 14.2 Å². The molecule has 0 fully saturated rings. The summed E-state index contributed by atoms with van der Waals surface area (Å²) >= 11 is 0. The molecule has 0 N–H and O–H groups in total. The minimum absolute atomic E-state index is 0.0300. The number of ether oxygens (including phenoxy) is 3. The molecular weight excluding hydrogens is 453 g/mol. The minimum Gasteiger partial charge on any atom is -0.489 e. The Hall–Kier alpha value is -2.91. The summed E-state index contributed by atoms with van der Waals surface area (Å²) < 4.78 is 53.2. The number of carbonyl (C=O) groups excluding carboxylic acids is 2. The van der Waals surface area contributed by atoms with Crippen molar-refractivity contribution in [1.29, 1.82) is 0 Å². The molecule has 0 aromatic carbocycles. The van der Waals surface area contributed by atoms with Crippen LogP contribution in [0, 0.1) is 0 Å². The van der Waals surface area contributed by atoms with Gasteiger partial charge in [-0.15, -0.1) is 0 Å². The van der Waals surface area contributed by atoms with Gasteiger partial charge >= 0.3 is 6.18 Å². The first-order chi connectivity index (χ1) is 16.2. The first-order valence-electron chi connectivity index (χ1n) is 11.3. The van der Waals surface area contributed by atoms with Crippen LogP contribution in [0.1, 0.15) is 70.5 Å². The van der Waals surface area contributed by atoms with Crippen LogP contribution in [0.25, 0.3) is 0 Å². The zero-order valence-corrected chi connectivity index (χ0v) is 19.8. The van der Waals surface area contributed by atoms with E-state index < -0.39 is 12.0 Å². The van der Waals surface area contributed by atoms with Crippen molar-refractivity contribution < 1.29 is 37.0 Å². The number of alkyl halides is 3. The Kier molecular flexibility index (Phi) is 10.5. The number of nitrogens with zero attached hydrogens (tertiary/aromatic N) is 2. The van der Waals surface area contributed by atoms with Crippen LogP contribution in [-0.2, 0) is 25.2 Å². The zero-order chi connectivity index (χ0) is 25.1. The number of aromatic nitrogens is 2. The van der Waals surface area contributed by atoms with Crippen molar-refractivity contribution >= 4 is 11.6 Å². The number of allylic oxidation sites excluding steroid dienone is 2. The van der Waals surface area contributed by atoms with Gasteiger partial charge in [0.1, 0.15) is 0 Å². The predicted molar refractivity (Wildman–Crippen MR) is 118 cm³/mol. The van der Waals surface area contributed by atoms with Gasteiger partial charge in [-0.1, -0.05) is 38.5 Å².